The summed E-state index contributed by atoms with van der Waals surface area (Å²) >= 11 is 0. The Kier molecular flexibility index (Phi) is 5.85. The fourth-order valence-electron chi connectivity index (χ4n) is 4.30. The molecule has 1 aromatic heterocycles. The fraction of sp³-hybridized carbons (Fsp3) is 0.391. The molecule has 0 unspecified atom stereocenters. The maximum absolute atomic E-state index is 13.3. The standard InChI is InChI=1S/C23H27N3O4S/c1-16(2)26-21-9-5-4-8-20(21)24-22(26)18-7-6-14-25(15-18)31(28,29)19-12-10-17(11-13-19)23(27)30-3/h4-5,8-13,16,18H,6-7,14-15H2,1-3H3/t18-/m0/s1. The van der Waals surface area contributed by atoms with Gasteiger partial charge in [0.2, 0.25) is 10.0 Å². The van der Waals surface area contributed by atoms with Crippen LogP contribution in [0.5, 0.6) is 0 Å². The number of ether oxygens (including phenoxy) is 1. The molecular weight excluding hydrogens is 414 g/mol. The maximum atomic E-state index is 13.3. The number of aromatic nitrogens is 2. The number of piperidine rings is 1. The first-order valence-electron chi connectivity index (χ1n) is 10.5. The van der Waals surface area contributed by atoms with E-state index in [1.165, 1.54) is 31.4 Å². The highest BCUT2D eigenvalue weighted by molar-refractivity contribution is 7.89. The maximum Gasteiger partial charge on any atom is 0.337 e. The largest absolute Gasteiger partial charge is 0.465 e. The van der Waals surface area contributed by atoms with Gasteiger partial charge >= 0.3 is 5.97 Å². The molecule has 8 heteroatoms. The Labute approximate surface area is 182 Å². The van der Waals surface area contributed by atoms with Crippen molar-refractivity contribution in [2.75, 3.05) is 20.2 Å². The molecule has 1 aliphatic rings. The van der Waals surface area contributed by atoms with Gasteiger partial charge in [0.25, 0.3) is 0 Å². The number of hydrogen-bond donors (Lipinski definition) is 0. The Morgan fingerprint density at radius 1 is 1.13 bits per heavy atom. The highest BCUT2D eigenvalue weighted by Crippen LogP contribution is 2.33. The number of methoxy groups -OCH3 is 1. The molecule has 3 aromatic rings. The predicted molar refractivity (Wildman–Crippen MR) is 119 cm³/mol. The van der Waals surface area contributed by atoms with Crippen LogP contribution in [0.2, 0.25) is 0 Å². The summed E-state index contributed by atoms with van der Waals surface area (Å²) in [5, 5.41) is 0. The number of fused-ring (bicyclic) bond motifs is 1. The third-order valence-electron chi connectivity index (χ3n) is 5.80. The second-order valence-corrected chi connectivity index (χ2v) is 10.1. The summed E-state index contributed by atoms with van der Waals surface area (Å²) in [4.78, 5) is 16.7. The molecule has 31 heavy (non-hydrogen) atoms. The van der Waals surface area contributed by atoms with Crippen molar-refractivity contribution < 1.29 is 17.9 Å². The van der Waals surface area contributed by atoms with Crippen molar-refractivity contribution in [3.05, 3.63) is 59.9 Å². The Bertz CT molecular complexity index is 1200. The van der Waals surface area contributed by atoms with Gasteiger partial charge in [-0.15, -0.1) is 0 Å². The van der Waals surface area contributed by atoms with Crippen LogP contribution in [0.25, 0.3) is 11.0 Å². The Morgan fingerprint density at radius 2 is 1.84 bits per heavy atom. The zero-order valence-electron chi connectivity index (χ0n) is 18.0. The summed E-state index contributed by atoms with van der Waals surface area (Å²) in [5.41, 5.74) is 2.33. The molecule has 1 aliphatic heterocycles. The van der Waals surface area contributed by atoms with Crippen LogP contribution in [0.3, 0.4) is 0 Å². The highest BCUT2D eigenvalue weighted by atomic mass is 32.2. The molecule has 0 spiro atoms. The first kappa shape index (κ1) is 21.5. The van der Waals surface area contributed by atoms with Crippen molar-refractivity contribution in [1.29, 1.82) is 0 Å². The number of carbonyl (C=O) groups excluding carboxylic acids is 1. The number of hydrogen-bond acceptors (Lipinski definition) is 5. The van der Waals surface area contributed by atoms with E-state index in [1.807, 2.05) is 18.2 Å². The van der Waals surface area contributed by atoms with Crippen LogP contribution >= 0.6 is 0 Å². The van der Waals surface area contributed by atoms with Gasteiger partial charge in [-0.3, -0.25) is 0 Å². The molecule has 7 nitrogen and oxygen atoms in total. The lowest BCUT2D eigenvalue weighted by Gasteiger charge is -2.32. The van der Waals surface area contributed by atoms with E-state index < -0.39 is 16.0 Å². The lowest BCUT2D eigenvalue weighted by molar-refractivity contribution is 0.0600. The molecule has 1 fully saturated rings. The number of imidazole rings is 1. The first-order valence-corrected chi connectivity index (χ1v) is 11.9. The van der Waals surface area contributed by atoms with Crippen molar-refractivity contribution >= 4 is 27.0 Å². The smallest absolute Gasteiger partial charge is 0.337 e. The normalized spacial score (nSPS) is 17.9. The average molecular weight is 442 g/mol. The highest BCUT2D eigenvalue weighted by Gasteiger charge is 2.33. The van der Waals surface area contributed by atoms with Gasteiger partial charge in [-0.05, 0) is 63.1 Å². The van der Waals surface area contributed by atoms with Crippen molar-refractivity contribution in [1.82, 2.24) is 13.9 Å². The molecule has 0 amide bonds. The number of para-hydroxylation sites is 2. The van der Waals surface area contributed by atoms with E-state index in [4.69, 9.17) is 4.98 Å². The van der Waals surface area contributed by atoms with Gasteiger partial charge in [0, 0.05) is 25.0 Å². The number of benzene rings is 2. The van der Waals surface area contributed by atoms with Crippen LogP contribution < -0.4 is 0 Å². The Morgan fingerprint density at radius 3 is 2.52 bits per heavy atom. The third kappa shape index (κ3) is 3.97. The molecule has 4 rings (SSSR count). The fourth-order valence-corrected chi connectivity index (χ4v) is 5.82. The molecule has 164 valence electrons. The second kappa shape index (κ2) is 8.43. The molecule has 0 bridgehead atoms. The van der Waals surface area contributed by atoms with E-state index in [0.717, 1.165) is 29.7 Å². The number of carbonyl (C=O) groups is 1. The molecule has 0 saturated carbocycles. The zero-order valence-corrected chi connectivity index (χ0v) is 18.8. The molecule has 0 N–H and O–H groups in total. The molecular formula is C23H27N3O4S. The van der Waals surface area contributed by atoms with E-state index >= 15 is 0 Å². The zero-order chi connectivity index (χ0) is 22.2. The van der Waals surface area contributed by atoms with E-state index in [9.17, 15) is 13.2 Å². The lowest BCUT2D eigenvalue weighted by Crippen LogP contribution is -2.39. The minimum Gasteiger partial charge on any atom is -0.465 e. The minimum atomic E-state index is -3.67. The second-order valence-electron chi connectivity index (χ2n) is 8.14. The van der Waals surface area contributed by atoms with Crippen molar-refractivity contribution in [2.45, 2.75) is 43.5 Å². The molecule has 1 atom stereocenters. The van der Waals surface area contributed by atoms with E-state index in [1.54, 1.807) is 4.31 Å². The monoisotopic (exact) mass is 441 g/mol. The summed E-state index contributed by atoms with van der Waals surface area (Å²) in [5.74, 6) is 0.472. The molecule has 1 saturated heterocycles. The first-order chi connectivity index (χ1) is 14.8. The van der Waals surface area contributed by atoms with Gasteiger partial charge in [-0.2, -0.15) is 4.31 Å². The number of esters is 1. The van der Waals surface area contributed by atoms with Gasteiger partial charge in [0.15, 0.2) is 0 Å². The van der Waals surface area contributed by atoms with Crippen LogP contribution in [0.15, 0.2) is 53.4 Å². The summed E-state index contributed by atoms with van der Waals surface area (Å²) < 4.78 is 35.0. The minimum absolute atomic E-state index is 0.0210. The van der Waals surface area contributed by atoms with Gasteiger partial charge in [0.1, 0.15) is 5.82 Å². The number of rotatable bonds is 5. The molecule has 0 radical (unpaired) electrons. The number of nitrogens with zero attached hydrogens (tertiary/aromatic N) is 3. The Balaban J connectivity index is 1.64. The van der Waals surface area contributed by atoms with E-state index in [-0.39, 0.29) is 16.9 Å². The van der Waals surface area contributed by atoms with Crippen LogP contribution in [0.4, 0.5) is 0 Å². The van der Waals surface area contributed by atoms with Crippen molar-refractivity contribution in [2.24, 2.45) is 0 Å². The molecule has 2 aromatic carbocycles. The SMILES string of the molecule is COC(=O)c1ccc(S(=O)(=O)N2CCC[C@H](c3nc4ccccc4n3C(C)C)C2)cc1. The third-order valence-corrected chi connectivity index (χ3v) is 7.68. The van der Waals surface area contributed by atoms with Crippen molar-refractivity contribution in [3.8, 4) is 0 Å². The van der Waals surface area contributed by atoms with Gasteiger partial charge in [-0.25, -0.2) is 18.2 Å². The van der Waals surface area contributed by atoms with Crippen LogP contribution in [0.1, 0.15) is 54.8 Å². The summed E-state index contributed by atoms with van der Waals surface area (Å²) in [7, 11) is -2.37. The van der Waals surface area contributed by atoms with Gasteiger partial charge in [-0.1, -0.05) is 12.1 Å². The summed E-state index contributed by atoms with van der Waals surface area (Å²) in [6.07, 6.45) is 1.66. The summed E-state index contributed by atoms with van der Waals surface area (Å²) in [6.45, 7) is 5.10. The van der Waals surface area contributed by atoms with Crippen LogP contribution in [0, 0.1) is 0 Å². The Hall–Kier alpha value is -2.71. The molecule has 0 aliphatic carbocycles. The lowest BCUT2D eigenvalue weighted by atomic mass is 9.98. The van der Waals surface area contributed by atoms with Gasteiger partial charge in [0.05, 0.1) is 28.6 Å². The predicted octanol–water partition coefficient (Wildman–Crippen LogP) is 3.97. The molecule has 2 heterocycles. The average Bonchev–Trinajstić information content (AvgIpc) is 3.18. The summed E-state index contributed by atoms with van der Waals surface area (Å²) in [6, 6.07) is 14.2. The topological polar surface area (TPSA) is 81.5 Å². The number of sulfonamides is 1. The quantitative estimate of drug-likeness (QED) is 0.560. The van der Waals surface area contributed by atoms with Gasteiger partial charge < -0.3 is 9.30 Å². The van der Waals surface area contributed by atoms with E-state index in [2.05, 4.69) is 29.2 Å². The van der Waals surface area contributed by atoms with Crippen LogP contribution in [-0.4, -0.2) is 48.4 Å². The van der Waals surface area contributed by atoms with Crippen LogP contribution in [-0.2, 0) is 14.8 Å². The van der Waals surface area contributed by atoms with E-state index in [0.29, 0.717) is 18.7 Å². The van der Waals surface area contributed by atoms with Crippen molar-refractivity contribution in [3.63, 3.8) is 0 Å².